The number of hydrogen-bond donors (Lipinski definition) is 2. The summed E-state index contributed by atoms with van der Waals surface area (Å²) in [5, 5.41) is 18.9. The van der Waals surface area contributed by atoms with Crippen LogP contribution in [0.25, 0.3) is 5.76 Å². The summed E-state index contributed by atoms with van der Waals surface area (Å²) < 4.78 is 41.5. The van der Waals surface area contributed by atoms with E-state index < -0.39 is 40.6 Å². The van der Waals surface area contributed by atoms with Crippen LogP contribution >= 0.6 is 0 Å². The third-order valence-electron chi connectivity index (χ3n) is 2.25. The number of carbonyl (C=O) groups is 2. The molecule has 8 heteroatoms. The Hall–Kier alpha value is -2.51. The van der Waals surface area contributed by atoms with Crippen molar-refractivity contribution in [3.63, 3.8) is 0 Å². The van der Waals surface area contributed by atoms with E-state index in [1.807, 2.05) is 0 Å². The summed E-state index contributed by atoms with van der Waals surface area (Å²) in [6.45, 7) is 0. The molecule has 0 amide bonds. The number of benzene rings is 1. The normalized spacial score (nSPS) is 12.1. The molecular formula is C12H9F3O5. The molecule has 0 aliphatic carbocycles. The van der Waals surface area contributed by atoms with Crippen molar-refractivity contribution in [2.75, 3.05) is 7.11 Å². The first kappa shape index (κ1) is 15.5. The lowest BCUT2D eigenvalue weighted by Gasteiger charge is -2.09. The van der Waals surface area contributed by atoms with Crippen molar-refractivity contribution < 1.29 is 37.7 Å². The van der Waals surface area contributed by atoms with Crippen LogP contribution in [0.4, 0.5) is 13.2 Å². The van der Waals surface area contributed by atoms with Gasteiger partial charge in [0.1, 0.15) is 11.5 Å². The summed E-state index contributed by atoms with van der Waals surface area (Å²) in [7, 11) is 0.923. The van der Waals surface area contributed by atoms with Crippen LogP contribution in [-0.2, 0) is 20.5 Å². The third-order valence-corrected chi connectivity index (χ3v) is 2.25. The lowest BCUT2D eigenvalue weighted by atomic mass is 10.1. The van der Waals surface area contributed by atoms with Crippen LogP contribution in [0.2, 0.25) is 0 Å². The molecule has 0 fully saturated rings. The molecule has 0 aliphatic rings. The molecule has 5 nitrogen and oxygen atoms in total. The molecule has 0 aliphatic heterocycles. The molecule has 108 valence electrons. The predicted molar refractivity (Wildman–Crippen MR) is 60.7 cm³/mol. The molecule has 0 bridgehead atoms. The molecule has 2 N–H and O–H groups in total. The van der Waals surface area contributed by atoms with Gasteiger partial charge in [-0.2, -0.15) is 13.2 Å². The van der Waals surface area contributed by atoms with Gasteiger partial charge in [-0.25, -0.2) is 4.79 Å². The number of aliphatic hydroxyl groups is 1. The number of carbonyl (C=O) groups excluding carboxylic acids is 2. The van der Waals surface area contributed by atoms with Gasteiger partial charge in [-0.1, -0.05) is 0 Å². The zero-order valence-electron chi connectivity index (χ0n) is 10.1. The highest BCUT2D eigenvalue weighted by Crippen LogP contribution is 2.34. The van der Waals surface area contributed by atoms with Gasteiger partial charge in [-0.3, -0.25) is 4.79 Å². The molecule has 0 unspecified atom stereocenters. The second kappa shape index (κ2) is 5.64. The van der Waals surface area contributed by atoms with Gasteiger partial charge in [-0.05, 0) is 18.2 Å². The second-order valence-electron chi connectivity index (χ2n) is 3.62. The van der Waals surface area contributed by atoms with E-state index in [-0.39, 0.29) is 0 Å². The largest absolute Gasteiger partial charge is 0.507 e. The van der Waals surface area contributed by atoms with Crippen molar-refractivity contribution in [3.8, 4) is 5.75 Å². The average molecular weight is 290 g/mol. The van der Waals surface area contributed by atoms with Crippen LogP contribution in [0.3, 0.4) is 0 Å². The Balaban J connectivity index is 3.22. The molecule has 0 spiro atoms. The lowest BCUT2D eigenvalue weighted by molar-refractivity contribution is -0.149. The summed E-state index contributed by atoms with van der Waals surface area (Å²) in [5.41, 5.74) is -1.76. The van der Waals surface area contributed by atoms with Crippen LogP contribution in [-0.4, -0.2) is 29.1 Å². The van der Waals surface area contributed by atoms with Gasteiger partial charge in [0.25, 0.3) is 5.78 Å². The SMILES string of the molecule is COC(=O)C(=O)/C=C(\O)c1cc(C(F)(F)F)ccc1O. The molecule has 0 atom stereocenters. The van der Waals surface area contributed by atoms with Gasteiger partial charge < -0.3 is 14.9 Å². The Labute approximate surface area is 110 Å². The topological polar surface area (TPSA) is 83.8 Å². The number of phenols is 1. The number of ketones is 1. The Bertz CT molecular complexity index is 575. The summed E-state index contributed by atoms with van der Waals surface area (Å²) in [5.74, 6) is -4.24. The molecule has 1 rings (SSSR count). The fourth-order valence-corrected chi connectivity index (χ4v) is 1.28. The minimum atomic E-state index is -4.69. The first-order valence-corrected chi connectivity index (χ1v) is 5.10. The first-order valence-electron chi connectivity index (χ1n) is 5.10. The fraction of sp³-hybridized carbons (Fsp3) is 0.167. The van der Waals surface area contributed by atoms with E-state index in [0.717, 1.165) is 7.11 Å². The molecule has 0 aromatic heterocycles. The van der Waals surface area contributed by atoms with Gasteiger partial charge >= 0.3 is 12.1 Å². The molecule has 0 heterocycles. The average Bonchev–Trinajstić information content (AvgIpc) is 2.36. The maximum atomic E-state index is 12.5. The summed E-state index contributed by atoms with van der Waals surface area (Å²) in [6, 6.07) is 1.77. The van der Waals surface area contributed by atoms with Crippen LogP contribution in [0, 0.1) is 0 Å². The summed E-state index contributed by atoms with van der Waals surface area (Å²) >= 11 is 0. The minimum Gasteiger partial charge on any atom is -0.507 e. The number of ether oxygens (including phenoxy) is 1. The quantitative estimate of drug-likeness (QED) is 0.385. The van der Waals surface area contributed by atoms with Gasteiger partial charge in [0.2, 0.25) is 0 Å². The van der Waals surface area contributed by atoms with Crippen molar-refractivity contribution in [1.29, 1.82) is 0 Å². The zero-order valence-corrected chi connectivity index (χ0v) is 10.1. The van der Waals surface area contributed by atoms with Crippen molar-refractivity contribution >= 4 is 17.5 Å². The van der Waals surface area contributed by atoms with Crippen LogP contribution in [0.1, 0.15) is 11.1 Å². The van der Waals surface area contributed by atoms with Crippen molar-refractivity contribution in [1.82, 2.24) is 0 Å². The Morgan fingerprint density at radius 3 is 2.40 bits per heavy atom. The number of aromatic hydroxyl groups is 1. The maximum absolute atomic E-state index is 12.5. The van der Waals surface area contributed by atoms with Crippen LogP contribution in [0.5, 0.6) is 5.75 Å². The minimum absolute atomic E-state index is 0.362. The van der Waals surface area contributed by atoms with Gasteiger partial charge in [0.15, 0.2) is 0 Å². The molecule has 1 aromatic rings. The first-order chi connectivity index (χ1) is 9.16. The van der Waals surface area contributed by atoms with Crippen molar-refractivity contribution in [3.05, 3.63) is 35.4 Å². The number of phenolic OH excluding ortho intramolecular Hbond substituents is 1. The van der Waals surface area contributed by atoms with E-state index in [1.165, 1.54) is 0 Å². The number of methoxy groups -OCH3 is 1. The van der Waals surface area contributed by atoms with E-state index in [9.17, 15) is 33.0 Å². The monoisotopic (exact) mass is 290 g/mol. The predicted octanol–water partition coefficient (Wildman–Crippen LogP) is 2.05. The van der Waals surface area contributed by atoms with Gasteiger partial charge in [0.05, 0.1) is 18.2 Å². The number of aliphatic hydroxyl groups excluding tert-OH is 1. The molecule has 0 saturated heterocycles. The molecule has 0 saturated carbocycles. The lowest BCUT2D eigenvalue weighted by Crippen LogP contribution is -2.13. The Kier molecular flexibility index (Phi) is 4.38. The smallest absolute Gasteiger partial charge is 0.416 e. The van der Waals surface area contributed by atoms with Gasteiger partial charge in [0, 0.05) is 6.08 Å². The Morgan fingerprint density at radius 1 is 1.30 bits per heavy atom. The fourth-order valence-electron chi connectivity index (χ4n) is 1.28. The number of halogens is 3. The van der Waals surface area contributed by atoms with Crippen molar-refractivity contribution in [2.45, 2.75) is 6.18 Å². The van der Waals surface area contributed by atoms with E-state index in [4.69, 9.17) is 0 Å². The number of hydrogen-bond acceptors (Lipinski definition) is 5. The van der Waals surface area contributed by atoms with E-state index in [0.29, 0.717) is 24.3 Å². The highest BCUT2D eigenvalue weighted by atomic mass is 19.4. The molecular weight excluding hydrogens is 281 g/mol. The number of esters is 1. The number of rotatable bonds is 3. The Morgan fingerprint density at radius 2 is 1.90 bits per heavy atom. The molecule has 1 aromatic carbocycles. The second-order valence-corrected chi connectivity index (χ2v) is 3.62. The molecule has 20 heavy (non-hydrogen) atoms. The summed E-state index contributed by atoms with van der Waals surface area (Å²) in [4.78, 5) is 22.0. The highest BCUT2D eigenvalue weighted by Gasteiger charge is 2.31. The maximum Gasteiger partial charge on any atom is 0.416 e. The van der Waals surface area contributed by atoms with E-state index in [2.05, 4.69) is 4.74 Å². The van der Waals surface area contributed by atoms with E-state index >= 15 is 0 Å². The molecule has 0 radical (unpaired) electrons. The summed E-state index contributed by atoms with van der Waals surface area (Å²) in [6.07, 6.45) is -4.32. The van der Waals surface area contributed by atoms with Crippen molar-refractivity contribution in [2.24, 2.45) is 0 Å². The van der Waals surface area contributed by atoms with Gasteiger partial charge in [-0.15, -0.1) is 0 Å². The zero-order chi connectivity index (χ0) is 15.5. The third kappa shape index (κ3) is 3.50. The van der Waals surface area contributed by atoms with Crippen LogP contribution in [0.15, 0.2) is 24.3 Å². The standard InChI is InChI=1S/C12H9F3O5/c1-20-11(19)10(18)5-9(17)7-4-6(12(13,14)15)2-3-8(7)16/h2-5,16-17H,1H3/b9-5-. The number of alkyl halides is 3. The highest BCUT2D eigenvalue weighted by molar-refractivity contribution is 6.39. The van der Waals surface area contributed by atoms with Crippen LogP contribution < -0.4 is 0 Å². The van der Waals surface area contributed by atoms with E-state index in [1.54, 1.807) is 0 Å².